The van der Waals surface area contributed by atoms with E-state index in [1.54, 1.807) is 0 Å². The Bertz CT molecular complexity index is 551. The molecule has 1 N–H and O–H groups in total. The topological polar surface area (TPSA) is 54.3 Å². The highest BCUT2D eigenvalue weighted by Gasteiger charge is 2.17. The average Bonchev–Trinajstić information content (AvgIpc) is 2.65. The van der Waals surface area contributed by atoms with Crippen molar-refractivity contribution in [3.05, 3.63) is 30.2 Å². The number of unbranched alkanes of at least 4 members (excludes halogenated alkanes) is 2. The number of nitrogens with zero attached hydrogens (tertiary/aromatic N) is 1. The van der Waals surface area contributed by atoms with Crippen molar-refractivity contribution in [2.45, 2.75) is 39.2 Å². The minimum absolute atomic E-state index is 0. The third-order valence-electron chi connectivity index (χ3n) is 3.07. The van der Waals surface area contributed by atoms with Crippen LogP contribution >= 0.6 is 0 Å². The van der Waals surface area contributed by atoms with Gasteiger partial charge in [0.2, 0.25) is 5.58 Å². The summed E-state index contributed by atoms with van der Waals surface area (Å²) in [5.41, 5.74) is 2.01. The van der Waals surface area contributed by atoms with E-state index in [-0.39, 0.29) is 23.4 Å². The summed E-state index contributed by atoms with van der Waals surface area (Å²) in [6.45, 7) is 2.83. The smallest absolute Gasteiger partial charge is 0.344 e. The van der Waals surface area contributed by atoms with E-state index in [0.29, 0.717) is 0 Å². The zero-order valence-corrected chi connectivity index (χ0v) is 12.5. The molecular weight excluding hydrogens is 310 g/mol. The van der Waals surface area contributed by atoms with Gasteiger partial charge in [-0.15, -0.1) is 0 Å². The number of carboxylic acids is 1. The van der Waals surface area contributed by atoms with Crippen molar-refractivity contribution in [3.8, 4) is 0 Å². The largest absolute Gasteiger partial charge is 1.00 e. The minimum Gasteiger partial charge on any atom is -1.00 e. The molecule has 19 heavy (non-hydrogen) atoms. The highest BCUT2D eigenvalue weighted by Crippen LogP contribution is 2.13. The van der Waals surface area contributed by atoms with E-state index < -0.39 is 5.97 Å². The Balaban J connectivity index is 0.00000180. The van der Waals surface area contributed by atoms with Crippen LogP contribution in [0.15, 0.2) is 28.7 Å². The molecule has 5 heteroatoms. The van der Waals surface area contributed by atoms with Crippen LogP contribution < -0.4 is 21.5 Å². The zero-order valence-electron chi connectivity index (χ0n) is 10.9. The van der Waals surface area contributed by atoms with Crippen molar-refractivity contribution in [1.29, 1.82) is 0 Å². The van der Waals surface area contributed by atoms with Gasteiger partial charge < -0.3 is 26.5 Å². The molecule has 1 aromatic heterocycles. The van der Waals surface area contributed by atoms with Crippen molar-refractivity contribution in [1.82, 2.24) is 0 Å². The van der Waals surface area contributed by atoms with Gasteiger partial charge >= 0.3 is 11.9 Å². The van der Waals surface area contributed by atoms with Crippen LogP contribution in [0.4, 0.5) is 0 Å². The second kappa shape index (κ2) is 7.28. The van der Waals surface area contributed by atoms with Crippen molar-refractivity contribution < 1.29 is 35.9 Å². The summed E-state index contributed by atoms with van der Waals surface area (Å²) in [4.78, 5) is 10.4. The lowest BCUT2D eigenvalue weighted by atomic mass is 10.2. The number of carboxylic acid groups (broad SMARTS) is 1. The number of aromatic nitrogens is 1. The molecule has 104 valence electrons. The van der Waals surface area contributed by atoms with Crippen LogP contribution in [0, 0.1) is 6.92 Å². The fraction of sp³-hybridized carbons (Fsp3) is 0.429. The predicted molar refractivity (Wildman–Crippen MR) is 67.2 cm³/mol. The number of oxazole rings is 1. The van der Waals surface area contributed by atoms with Crippen LogP contribution in [0.3, 0.4) is 0 Å². The summed E-state index contributed by atoms with van der Waals surface area (Å²) in [6.07, 6.45) is 2.90. The number of halogens is 1. The van der Waals surface area contributed by atoms with Gasteiger partial charge in [0.15, 0.2) is 6.54 Å². The normalized spacial score (nSPS) is 10.4. The number of hydrogen-bond donors (Lipinski definition) is 1. The molecule has 4 nitrogen and oxygen atoms in total. The lowest BCUT2D eigenvalue weighted by molar-refractivity contribution is -0.683. The van der Waals surface area contributed by atoms with Crippen LogP contribution in [-0.4, -0.2) is 11.1 Å². The van der Waals surface area contributed by atoms with Gasteiger partial charge in [-0.05, 0) is 18.9 Å². The number of hydrogen-bond acceptors (Lipinski definition) is 2. The molecule has 0 unspecified atom stereocenters. The number of aryl methyl sites for hydroxylation is 2. The molecule has 1 heterocycles. The molecule has 1 aromatic carbocycles. The molecular formula is C14H18BrNO3. The molecule has 2 rings (SSSR count). The maximum absolute atomic E-state index is 10.4. The summed E-state index contributed by atoms with van der Waals surface area (Å²) in [7, 11) is 0. The zero-order chi connectivity index (χ0) is 13.0. The number of aliphatic carboxylic acids is 1. The molecule has 0 radical (unpaired) electrons. The van der Waals surface area contributed by atoms with Gasteiger partial charge in [-0.1, -0.05) is 12.1 Å². The third-order valence-corrected chi connectivity index (χ3v) is 3.07. The lowest BCUT2D eigenvalue weighted by Crippen LogP contribution is -3.00. The summed E-state index contributed by atoms with van der Waals surface area (Å²) < 4.78 is 7.81. The number of fused-ring (bicyclic) bond motifs is 1. The Hall–Kier alpha value is -1.36. The molecule has 0 spiro atoms. The lowest BCUT2D eigenvalue weighted by Gasteiger charge is -1.96. The summed E-state index contributed by atoms with van der Waals surface area (Å²) in [5.74, 6) is 0.182. The molecule has 0 atom stereocenters. The number of para-hydroxylation sites is 2. The molecule has 0 aliphatic rings. The molecule has 0 saturated carbocycles. The maximum Gasteiger partial charge on any atom is 0.344 e. The number of benzene rings is 1. The quantitative estimate of drug-likeness (QED) is 0.584. The van der Waals surface area contributed by atoms with E-state index in [4.69, 9.17) is 9.52 Å². The van der Waals surface area contributed by atoms with Crippen molar-refractivity contribution in [3.63, 3.8) is 0 Å². The van der Waals surface area contributed by atoms with Crippen LogP contribution in [0.25, 0.3) is 11.1 Å². The van der Waals surface area contributed by atoms with E-state index in [2.05, 4.69) is 4.57 Å². The van der Waals surface area contributed by atoms with Gasteiger partial charge in [-0.25, -0.2) is 0 Å². The number of rotatable bonds is 6. The minimum atomic E-state index is -0.715. The predicted octanol–water partition coefficient (Wildman–Crippen LogP) is -0.322. The monoisotopic (exact) mass is 327 g/mol. The second-order valence-electron chi connectivity index (χ2n) is 4.44. The van der Waals surface area contributed by atoms with E-state index in [1.807, 2.05) is 31.2 Å². The molecule has 0 aliphatic heterocycles. The van der Waals surface area contributed by atoms with Gasteiger partial charge in [0.05, 0.1) is 6.92 Å². The first-order valence-corrected chi connectivity index (χ1v) is 6.28. The van der Waals surface area contributed by atoms with Gasteiger partial charge in [0.25, 0.3) is 5.52 Å². The highest BCUT2D eigenvalue weighted by atomic mass is 79.9. The summed E-state index contributed by atoms with van der Waals surface area (Å²) in [5, 5.41) is 8.56. The Labute approximate surface area is 122 Å². The van der Waals surface area contributed by atoms with Crippen LogP contribution in [0.2, 0.25) is 0 Å². The molecule has 0 fully saturated rings. The highest BCUT2D eigenvalue weighted by molar-refractivity contribution is 5.68. The van der Waals surface area contributed by atoms with Gasteiger partial charge in [0.1, 0.15) is 0 Å². The summed E-state index contributed by atoms with van der Waals surface area (Å²) >= 11 is 0. The Morgan fingerprint density at radius 3 is 2.74 bits per heavy atom. The Morgan fingerprint density at radius 1 is 1.26 bits per heavy atom. The standard InChI is InChI=1S/C14H17NO3.BrH/c1-11-15(10-6-2-3-9-14(16)17)12-7-4-5-8-13(12)18-11;/h4-5,7-8H,2-3,6,9-10H2,1H3;1H. The SMILES string of the molecule is Cc1oc2ccccc2[n+]1CCCCCC(=O)O.[Br-]. The van der Waals surface area contributed by atoms with Gasteiger partial charge in [-0.3, -0.25) is 4.79 Å². The van der Waals surface area contributed by atoms with Crippen LogP contribution in [-0.2, 0) is 11.3 Å². The molecule has 2 aromatic rings. The molecule has 0 amide bonds. The van der Waals surface area contributed by atoms with Gasteiger partial charge in [0, 0.05) is 18.9 Å². The number of carbonyl (C=O) groups is 1. The molecule has 0 saturated heterocycles. The Morgan fingerprint density at radius 2 is 2.00 bits per heavy atom. The van der Waals surface area contributed by atoms with E-state index >= 15 is 0 Å². The molecule has 0 bridgehead atoms. The van der Waals surface area contributed by atoms with Crippen molar-refractivity contribution in [2.75, 3.05) is 0 Å². The first-order valence-electron chi connectivity index (χ1n) is 6.28. The third kappa shape index (κ3) is 4.06. The average molecular weight is 328 g/mol. The van der Waals surface area contributed by atoms with Crippen LogP contribution in [0.5, 0.6) is 0 Å². The summed E-state index contributed by atoms with van der Waals surface area (Å²) in [6, 6.07) is 7.97. The maximum atomic E-state index is 10.4. The van der Waals surface area contributed by atoms with E-state index in [9.17, 15) is 4.79 Å². The molecule has 0 aliphatic carbocycles. The van der Waals surface area contributed by atoms with Crippen LogP contribution in [0.1, 0.15) is 31.6 Å². The fourth-order valence-corrected chi connectivity index (χ4v) is 2.15. The first kappa shape index (κ1) is 15.7. The van der Waals surface area contributed by atoms with Gasteiger partial charge in [-0.2, -0.15) is 4.57 Å². The van der Waals surface area contributed by atoms with Crippen molar-refractivity contribution >= 4 is 17.1 Å². The van der Waals surface area contributed by atoms with Crippen molar-refractivity contribution in [2.24, 2.45) is 0 Å². The van der Waals surface area contributed by atoms with E-state index in [0.717, 1.165) is 42.8 Å². The second-order valence-corrected chi connectivity index (χ2v) is 4.44. The van der Waals surface area contributed by atoms with E-state index in [1.165, 1.54) is 0 Å². The fourth-order valence-electron chi connectivity index (χ4n) is 2.15. The first-order chi connectivity index (χ1) is 8.68. The Kier molecular flexibility index (Phi) is 6.02.